The molecule has 0 aliphatic rings. The van der Waals surface area contributed by atoms with Gasteiger partial charge in [0.05, 0.1) is 0 Å². The number of halogens is 1. The van der Waals surface area contributed by atoms with Crippen molar-refractivity contribution < 1.29 is 4.74 Å². The van der Waals surface area contributed by atoms with E-state index in [0.29, 0.717) is 6.61 Å². The van der Waals surface area contributed by atoms with E-state index in [4.69, 9.17) is 4.74 Å². The lowest BCUT2D eigenvalue weighted by Crippen LogP contribution is -2.35. The molecule has 0 aliphatic heterocycles. The third-order valence-electron chi connectivity index (χ3n) is 3.07. The highest BCUT2D eigenvalue weighted by molar-refractivity contribution is 9.10. The van der Waals surface area contributed by atoms with Gasteiger partial charge >= 0.3 is 0 Å². The maximum absolute atomic E-state index is 5.89. The summed E-state index contributed by atoms with van der Waals surface area (Å²) >= 11 is 3.54. The number of rotatable bonds is 5. The molecule has 0 atom stereocenters. The lowest BCUT2D eigenvalue weighted by atomic mass is 10.1. The molecule has 2 nitrogen and oxygen atoms in total. The average molecular weight is 348 g/mol. The Labute approximate surface area is 135 Å². The van der Waals surface area contributed by atoms with Gasteiger partial charge in [-0.2, -0.15) is 0 Å². The van der Waals surface area contributed by atoms with Gasteiger partial charge in [-0.15, -0.1) is 0 Å². The standard InChI is InChI=1S/C18H22BrNO/c1-18(2,3)20-12-14-7-6-9-16(11-14)21-13-15-8-4-5-10-17(15)19/h4-11,20H,12-13H2,1-3H3. The summed E-state index contributed by atoms with van der Waals surface area (Å²) < 4.78 is 6.97. The molecule has 2 aromatic carbocycles. The Bertz CT molecular complexity index is 590. The third-order valence-corrected chi connectivity index (χ3v) is 3.85. The zero-order valence-electron chi connectivity index (χ0n) is 12.8. The van der Waals surface area contributed by atoms with Gasteiger partial charge in [-0.25, -0.2) is 0 Å². The van der Waals surface area contributed by atoms with Crippen molar-refractivity contribution in [1.29, 1.82) is 0 Å². The number of ether oxygens (including phenoxy) is 1. The van der Waals surface area contributed by atoms with Crippen LogP contribution in [-0.2, 0) is 13.2 Å². The molecule has 112 valence electrons. The lowest BCUT2D eigenvalue weighted by Gasteiger charge is -2.20. The van der Waals surface area contributed by atoms with Crippen LogP contribution in [0.1, 0.15) is 31.9 Å². The highest BCUT2D eigenvalue weighted by Gasteiger charge is 2.08. The van der Waals surface area contributed by atoms with Crippen molar-refractivity contribution in [3.05, 3.63) is 64.1 Å². The first kappa shape index (κ1) is 16.1. The molecule has 0 spiro atoms. The number of hydrogen-bond donors (Lipinski definition) is 1. The van der Waals surface area contributed by atoms with Crippen LogP contribution in [0.3, 0.4) is 0 Å². The Morgan fingerprint density at radius 2 is 1.81 bits per heavy atom. The van der Waals surface area contributed by atoms with E-state index >= 15 is 0 Å². The molecular formula is C18H22BrNO. The molecule has 0 heterocycles. The fourth-order valence-corrected chi connectivity index (χ4v) is 2.29. The predicted octanol–water partition coefficient (Wildman–Crippen LogP) is 4.92. The largest absolute Gasteiger partial charge is 0.489 e. The van der Waals surface area contributed by atoms with Crippen LogP contribution in [0.2, 0.25) is 0 Å². The molecular weight excluding hydrogens is 326 g/mol. The van der Waals surface area contributed by atoms with Crippen molar-refractivity contribution >= 4 is 15.9 Å². The van der Waals surface area contributed by atoms with Crippen molar-refractivity contribution in [3.63, 3.8) is 0 Å². The maximum Gasteiger partial charge on any atom is 0.120 e. The molecule has 0 radical (unpaired) electrons. The van der Waals surface area contributed by atoms with E-state index in [1.54, 1.807) is 0 Å². The van der Waals surface area contributed by atoms with Crippen LogP contribution in [0.15, 0.2) is 53.0 Å². The normalized spacial score (nSPS) is 11.4. The van der Waals surface area contributed by atoms with Crippen LogP contribution in [0.5, 0.6) is 5.75 Å². The molecule has 2 aromatic rings. The summed E-state index contributed by atoms with van der Waals surface area (Å²) in [5.74, 6) is 0.902. The summed E-state index contributed by atoms with van der Waals surface area (Å²) in [7, 11) is 0. The lowest BCUT2D eigenvalue weighted by molar-refractivity contribution is 0.305. The van der Waals surface area contributed by atoms with Crippen molar-refractivity contribution in [2.45, 2.75) is 39.5 Å². The van der Waals surface area contributed by atoms with E-state index in [1.165, 1.54) is 5.56 Å². The minimum absolute atomic E-state index is 0.117. The van der Waals surface area contributed by atoms with Crippen molar-refractivity contribution in [1.82, 2.24) is 5.32 Å². The molecule has 1 N–H and O–H groups in total. The SMILES string of the molecule is CC(C)(C)NCc1cccc(OCc2ccccc2Br)c1. The summed E-state index contributed by atoms with van der Waals surface area (Å²) in [4.78, 5) is 0. The number of hydrogen-bond acceptors (Lipinski definition) is 2. The van der Waals surface area contributed by atoms with Crippen molar-refractivity contribution in [3.8, 4) is 5.75 Å². The Balaban J connectivity index is 1.96. The molecule has 0 aromatic heterocycles. The Hall–Kier alpha value is -1.32. The van der Waals surface area contributed by atoms with E-state index in [2.05, 4.69) is 60.2 Å². The monoisotopic (exact) mass is 347 g/mol. The first-order valence-electron chi connectivity index (χ1n) is 7.14. The van der Waals surface area contributed by atoms with Gasteiger partial charge in [0, 0.05) is 22.1 Å². The topological polar surface area (TPSA) is 21.3 Å². The van der Waals surface area contributed by atoms with Crippen LogP contribution in [0.25, 0.3) is 0 Å². The fraction of sp³-hybridized carbons (Fsp3) is 0.333. The first-order valence-corrected chi connectivity index (χ1v) is 7.93. The molecule has 21 heavy (non-hydrogen) atoms. The van der Waals surface area contributed by atoms with Crippen LogP contribution in [-0.4, -0.2) is 5.54 Å². The Kier molecular flexibility index (Phi) is 5.43. The second kappa shape index (κ2) is 7.10. The predicted molar refractivity (Wildman–Crippen MR) is 91.5 cm³/mol. The molecule has 2 rings (SSSR count). The molecule has 0 saturated carbocycles. The van der Waals surface area contributed by atoms with Gasteiger partial charge in [-0.3, -0.25) is 0 Å². The van der Waals surface area contributed by atoms with E-state index in [1.807, 2.05) is 30.3 Å². The minimum Gasteiger partial charge on any atom is -0.489 e. The zero-order valence-corrected chi connectivity index (χ0v) is 14.4. The van der Waals surface area contributed by atoms with Crippen LogP contribution >= 0.6 is 15.9 Å². The average Bonchev–Trinajstić information content (AvgIpc) is 2.44. The molecule has 0 fully saturated rings. The molecule has 0 bridgehead atoms. The van der Waals surface area contributed by atoms with Gasteiger partial charge in [-0.1, -0.05) is 46.3 Å². The van der Waals surface area contributed by atoms with Gasteiger partial charge in [0.2, 0.25) is 0 Å². The Morgan fingerprint density at radius 3 is 2.52 bits per heavy atom. The van der Waals surface area contributed by atoms with E-state index < -0.39 is 0 Å². The van der Waals surface area contributed by atoms with Crippen LogP contribution in [0, 0.1) is 0 Å². The Morgan fingerprint density at radius 1 is 1.05 bits per heavy atom. The van der Waals surface area contributed by atoms with Gasteiger partial charge < -0.3 is 10.1 Å². The molecule has 0 aliphatic carbocycles. The van der Waals surface area contributed by atoms with E-state index in [0.717, 1.165) is 22.3 Å². The van der Waals surface area contributed by atoms with Gasteiger partial charge in [0.1, 0.15) is 12.4 Å². The summed E-state index contributed by atoms with van der Waals surface area (Å²) in [6, 6.07) is 16.4. The molecule has 0 unspecified atom stereocenters. The molecule has 0 saturated heterocycles. The second-order valence-electron chi connectivity index (χ2n) is 6.13. The first-order chi connectivity index (χ1) is 9.94. The fourth-order valence-electron chi connectivity index (χ4n) is 1.89. The van der Waals surface area contributed by atoms with Gasteiger partial charge in [0.15, 0.2) is 0 Å². The highest BCUT2D eigenvalue weighted by atomic mass is 79.9. The highest BCUT2D eigenvalue weighted by Crippen LogP contribution is 2.20. The van der Waals surface area contributed by atoms with E-state index in [-0.39, 0.29) is 5.54 Å². The summed E-state index contributed by atoms with van der Waals surface area (Å²) in [6.07, 6.45) is 0. The van der Waals surface area contributed by atoms with Gasteiger partial charge in [-0.05, 0) is 44.5 Å². The molecule has 0 amide bonds. The van der Waals surface area contributed by atoms with E-state index in [9.17, 15) is 0 Å². The smallest absolute Gasteiger partial charge is 0.120 e. The number of benzene rings is 2. The third kappa shape index (κ3) is 5.52. The summed E-state index contributed by atoms with van der Waals surface area (Å²) in [6.45, 7) is 7.91. The van der Waals surface area contributed by atoms with Crippen LogP contribution in [0.4, 0.5) is 0 Å². The summed E-state index contributed by atoms with van der Waals surface area (Å²) in [5.41, 5.74) is 2.50. The quantitative estimate of drug-likeness (QED) is 0.828. The maximum atomic E-state index is 5.89. The van der Waals surface area contributed by atoms with Gasteiger partial charge in [0.25, 0.3) is 0 Å². The van der Waals surface area contributed by atoms with Crippen molar-refractivity contribution in [2.24, 2.45) is 0 Å². The van der Waals surface area contributed by atoms with Crippen molar-refractivity contribution in [2.75, 3.05) is 0 Å². The summed E-state index contributed by atoms with van der Waals surface area (Å²) in [5, 5.41) is 3.49. The van der Waals surface area contributed by atoms with Crippen LogP contribution < -0.4 is 10.1 Å². The number of nitrogens with one attached hydrogen (secondary N) is 1. The second-order valence-corrected chi connectivity index (χ2v) is 6.99. The minimum atomic E-state index is 0.117. The molecule has 3 heteroatoms. The zero-order chi connectivity index (χ0) is 15.3.